The second-order valence-electron chi connectivity index (χ2n) is 11.9. The van der Waals surface area contributed by atoms with Crippen LogP contribution >= 0.6 is 0 Å². The van der Waals surface area contributed by atoms with Crippen LogP contribution in [-0.2, 0) is 6.42 Å². The zero-order chi connectivity index (χ0) is 30.9. The molecule has 1 atom stereocenters. The number of anilines is 1. The molecule has 2 aliphatic heterocycles. The Hall–Kier alpha value is -5.55. The second kappa shape index (κ2) is 12.1. The average Bonchev–Trinajstić information content (AvgIpc) is 3.15. The first-order valence-electron chi connectivity index (χ1n) is 16.2. The number of hydrogen-bond acceptors (Lipinski definition) is 5. The molecule has 1 aromatic heterocycles. The van der Waals surface area contributed by atoms with Crippen LogP contribution in [0.5, 0.6) is 0 Å². The summed E-state index contributed by atoms with van der Waals surface area (Å²) < 4.78 is 0. The molecule has 0 saturated heterocycles. The molecule has 3 heterocycles. The van der Waals surface area contributed by atoms with E-state index in [1.807, 2.05) is 18.2 Å². The molecular weight excluding hydrogens is 562 g/mol. The SMILES string of the molecule is CCc1cc(-c2cccc(-c3cccc(C4N=C(C5=CCCC=C5)NC(c5ccccc5)=N4)c3)c2)c2ccc3c(c2n1)NCC=C3. The molecule has 5 heteroatoms. The first kappa shape index (κ1) is 28.0. The topological polar surface area (TPSA) is 61.7 Å². The number of nitrogens with zero attached hydrogens (tertiary/aromatic N) is 3. The van der Waals surface area contributed by atoms with Crippen molar-refractivity contribution in [1.82, 2.24) is 10.3 Å². The molecule has 224 valence electrons. The van der Waals surface area contributed by atoms with Gasteiger partial charge in [-0.25, -0.2) is 9.98 Å². The van der Waals surface area contributed by atoms with Crippen molar-refractivity contribution in [1.29, 1.82) is 0 Å². The lowest BCUT2D eigenvalue weighted by Gasteiger charge is -2.23. The predicted octanol–water partition coefficient (Wildman–Crippen LogP) is 9.29. The highest BCUT2D eigenvalue weighted by molar-refractivity contribution is 6.16. The maximum atomic E-state index is 5.12. The Morgan fingerprint density at radius 3 is 2.37 bits per heavy atom. The van der Waals surface area contributed by atoms with Crippen LogP contribution in [0.15, 0.2) is 137 Å². The van der Waals surface area contributed by atoms with Crippen molar-refractivity contribution in [2.45, 2.75) is 32.4 Å². The Morgan fingerprint density at radius 1 is 0.717 bits per heavy atom. The summed E-state index contributed by atoms with van der Waals surface area (Å²) in [4.78, 5) is 15.3. The van der Waals surface area contributed by atoms with E-state index in [-0.39, 0.29) is 6.17 Å². The van der Waals surface area contributed by atoms with E-state index in [9.17, 15) is 0 Å². The molecule has 0 bridgehead atoms. The van der Waals surface area contributed by atoms with Crippen LogP contribution in [0.25, 0.3) is 39.2 Å². The van der Waals surface area contributed by atoms with Gasteiger partial charge >= 0.3 is 0 Å². The van der Waals surface area contributed by atoms with Gasteiger partial charge in [0.05, 0.1) is 11.2 Å². The number of allylic oxidation sites excluding steroid dienone is 2. The van der Waals surface area contributed by atoms with Gasteiger partial charge in [-0.2, -0.15) is 0 Å². The molecule has 5 nitrogen and oxygen atoms in total. The molecule has 1 unspecified atom stereocenters. The Morgan fingerprint density at radius 2 is 1.52 bits per heavy atom. The van der Waals surface area contributed by atoms with E-state index in [4.69, 9.17) is 15.0 Å². The Bertz CT molecular complexity index is 2120. The molecule has 2 N–H and O–H groups in total. The lowest BCUT2D eigenvalue weighted by atomic mass is 9.93. The van der Waals surface area contributed by atoms with Crippen molar-refractivity contribution >= 4 is 34.3 Å². The standard InChI is InChI=1S/C41H35N5/c1-2-34-26-36(35-22-21-27-20-11-23-42-37(27)38(35)43-34)32-18-9-16-30(24-32)31-17-10-19-33(25-31)41-45-39(28-12-5-3-6-13-28)44-40(46-41)29-14-7-4-8-15-29/h3,5-7,9-22,24-26,41-42H,2,4,8,23H2,1H3,(H,44,45,46). The van der Waals surface area contributed by atoms with Crippen molar-refractivity contribution in [2.75, 3.05) is 11.9 Å². The van der Waals surface area contributed by atoms with Gasteiger partial charge in [0.1, 0.15) is 11.7 Å². The number of aromatic nitrogens is 1. The number of amidine groups is 2. The monoisotopic (exact) mass is 597 g/mol. The maximum Gasteiger partial charge on any atom is 0.169 e. The van der Waals surface area contributed by atoms with E-state index >= 15 is 0 Å². The molecule has 1 aliphatic carbocycles. The van der Waals surface area contributed by atoms with Gasteiger partial charge in [-0.1, -0.05) is 116 Å². The van der Waals surface area contributed by atoms with Gasteiger partial charge in [0.15, 0.2) is 6.17 Å². The van der Waals surface area contributed by atoms with Crippen LogP contribution in [0.3, 0.4) is 0 Å². The fraction of sp³-hybridized carbons (Fsp3) is 0.146. The number of rotatable bonds is 6. The molecule has 5 aromatic rings. The zero-order valence-electron chi connectivity index (χ0n) is 25.9. The molecule has 0 radical (unpaired) electrons. The lowest BCUT2D eigenvalue weighted by Crippen LogP contribution is -2.36. The zero-order valence-corrected chi connectivity index (χ0v) is 25.9. The van der Waals surface area contributed by atoms with Crippen LogP contribution < -0.4 is 10.6 Å². The highest BCUT2D eigenvalue weighted by atomic mass is 15.2. The fourth-order valence-electron chi connectivity index (χ4n) is 6.47. The van der Waals surface area contributed by atoms with Crippen LogP contribution in [-0.4, -0.2) is 23.2 Å². The molecule has 0 saturated carbocycles. The number of hydrogen-bond donors (Lipinski definition) is 2. The minimum absolute atomic E-state index is 0.352. The summed E-state index contributed by atoms with van der Waals surface area (Å²) in [5.41, 5.74) is 12.4. The summed E-state index contributed by atoms with van der Waals surface area (Å²) in [5.74, 6) is 1.71. The highest BCUT2D eigenvalue weighted by Crippen LogP contribution is 2.37. The average molecular weight is 598 g/mol. The molecule has 4 aromatic carbocycles. The van der Waals surface area contributed by atoms with Gasteiger partial charge in [-0.3, -0.25) is 4.98 Å². The van der Waals surface area contributed by atoms with E-state index in [1.165, 1.54) is 16.7 Å². The summed E-state index contributed by atoms with van der Waals surface area (Å²) in [5, 5.41) is 8.25. The summed E-state index contributed by atoms with van der Waals surface area (Å²) in [6.07, 6.45) is 13.6. The van der Waals surface area contributed by atoms with Crippen LogP contribution in [0.2, 0.25) is 0 Å². The van der Waals surface area contributed by atoms with E-state index < -0.39 is 0 Å². The predicted molar refractivity (Wildman–Crippen MR) is 192 cm³/mol. The van der Waals surface area contributed by atoms with Crippen molar-refractivity contribution in [3.05, 3.63) is 149 Å². The summed E-state index contributed by atoms with van der Waals surface area (Å²) >= 11 is 0. The number of nitrogens with one attached hydrogen (secondary N) is 2. The van der Waals surface area contributed by atoms with Gasteiger partial charge < -0.3 is 10.6 Å². The third-order valence-corrected chi connectivity index (χ3v) is 8.87. The van der Waals surface area contributed by atoms with Gasteiger partial charge in [-0.05, 0) is 70.8 Å². The normalized spacial score (nSPS) is 17.0. The van der Waals surface area contributed by atoms with Crippen molar-refractivity contribution in [2.24, 2.45) is 9.98 Å². The number of aryl methyl sites for hydroxylation is 1. The molecule has 0 spiro atoms. The first-order chi connectivity index (χ1) is 22.7. The van der Waals surface area contributed by atoms with Gasteiger partial charge in [0, 0.05) is 28.8 Å². The third kappa shape index (κ3) is 5.34. The number of benzene rings is 4. The largest absolute Gasteiger partial charge is 0.379 e. The van der Waals surface area contributed by atoms with Crippen molar-refractivity contribution < 1.29 is 0 Å². The summed E-state index contributed by atoms with van der Waals surface area (Å²) in [7, 11) is 0. The van der Waals surface area contributed by atoms with Gasteiger partial charge in [-0.15, -0.1) is 0 Å². The van der Waals surface area contributed by atoms with E-state index in [0.717, 1.165) is 87.6 Å². The van der Waals surface area contributed by atoms with E-state index in [1.54, 1.807) is 0 Å². The molecule has 46 heavy (non-hydrogen) atoms. The van der Waals surface area contributed by atoms with Crippen LogP contribution in [0.4, 0.5) is 5.69 Å². The number of pyridine rings is 1. The number of fused-ring (bicyclic) bond motifs is 3. The Balaban J connectivity index is 1.19. The van der Waals surface area contributed by atoms with E-state index in [2.05, 4.69) is 127 Å². The highest BCUT2D eigenvalue weighted by Gasteiger charge is 2.22. The van der Waals surface area contributed by atoms with Gasteiger partial charge in [0.25, 0.3) is 0 Å². The van der Waals surface area contributed by atoms with E-state index in [0.29, 0.717) is 0 Å². The van der Waals surface area contributed by atoms with Gasteiger partial charge in [0.2, 0.25) is 0 Å². The smallest absolute Gasteiger partial charge is 0.169 e. The molecule has 0 amide bonds. The quantitative estimate of drug-likeness (QED) is 0.205. The molecular formula is C41H35N5. The third-order valence-electron chi connectivity index (χ3n) is 8.87. The summed E-state index contributed by atoms with van der Waals surface area (Å²) in [6, 6.07) is 34.5. The summed E-state index contributed by atoms with van der Waals surface area (Å²) in [6.45, 7) is 2.99. The minimum atomic E-state index is -0.352. The van der Waals surface area contributed by atoms with Crippen LogP contribution in [0, 0.1) is 0 Å². The Kier molecular flexibility index (Phi) is 7.35. The molecule has 8 rings (SSSR count). The van der Waals surface area contributed by atoms with Crippen molar-refractivity contribution in [3.63, 3.8) is 0 Å². The van der Waals surface area contributed by atoms with Crippen LogP contribution in [0.1, 0.15) is 48.3 Å². The maximum absolute atomic E-state index is 5.12. The molecule has 3 aliphatic rings. The first-order valence-corrected chi connectivity index (χ1v) is 16.2. The Labute approximate surface area is 269 Å². The fourth-order valence-corrected chi connectivity index (χ4v) is 6.47. The number of aliphatic imine (C=N–C) groups is 2. The lowest BCUT2D eigenvalue weighted by molar-refractivity contribution is 0.755. The molecule has 0 fully saturated rings. The van der Waals surface area contributed by atoms with Crippen molar-refractivity contribution in [3.8, 4) is 22.3 Å². The minimum Gasteiger partial charge on any atom is -0.379 e. The second-order valence-corrected chi connectivity index (χ2v) is 11.9.